The molecule has 4 nitrogen and oxygen atoms in total. The van der Waals surface area contributed by atoms with Gasteiger partial charge in [0.2, 0.25) is 12.1 Å². The first-order chi connectivity index (χ1) is 4.46. The van der Waals surface area contributed by atoms with Gasteiger partial charge in [0.05, 0.1) is 0 Å². The van der Waals surface area contributed by atoms with Gasteiger partial charge in [-0.1, -0.05) is 0 Å². The molecule has 0 radical (unpaired) electrons. The number of nitrogens with zero attached hydrogens (tertiary/aromatic N) is 2. The maximum Gasteiger partial charge on any atom is 0.223 e. The Morgan fingerprint density at radius 1 is 0.800 bits per heavy atom. The number of azo groups is 1. The van der Waals surface area contributed by atoms with Gasteiger partial charge in [-0.3, -0.25) is 0 Å². The summed E-state index contributed by atoms with van der Waals surface area (Å²) in [5.41, 5.74) is 0. The van der Waals surface area contributed by atoms with Crippen LogP contribution in [0.5, 0.6) is 0 Å². The molecule has 0 bridgehead atoms. The number of hydrogen-bond acceptors (Lipinski definition) is 2. The standard InChI is InChI=1S/C6H14N2O2/c1-5(2)7(9)8(10)6(3)4/h5-6H,1-4H3/b8-7+. The first-order valence-electron chi connectivity index (χ1n) is 3.39. The number of hydrogen-bond donors (Lipinski definition) is 0. The summed E-state index contributed by atoms with van der Waals surface area (Å²) < 4.78 is 0. The van der Waals surface area contributed by atoms with Crippen LogP contribution in [-0.2, 0) is 0 Å². The predicted molar refractivity (Wildman–Crippen MR) is 37.5 cm³/mol. The Labute approximate surface area is 60.9 Å². The molecule has 0 spiro atoms. The van der Waals surface area contributed by atoms with Crippen molar-refractivity contribution >= 4 is 0 Å². The molecule has 10 heavy (non-hydrogen) atoms. The largest absolute Gasteiger partial charge is 0.567 e. The van der Waals surface area contributed by atoms with Crippen LogP contribution in [0, 0.1) is 10.4 Å². The van der Waals surface area contributed by atoms with E-state index in [4.69, 9.17) is 0 Å². The summed E-state index contributed by atoms with van der Waals surface area (Å²) in [6.45, 7) is 6.72. The first kappa shape index (κ1) is 9.20. The van der Waals surface area contributed by atoms with Crippen molar-refractivity contribution in [2.24, 2.45) is 0 Å². The molecule has 0 aromatic carbocycles. The lowest BCUT2D eigenvalue weighted by atomic mass is 10.4. The summed E-state index contributed by atoms with van der Waals surface area (Å²) in [6, 6.07) is -0.556. The van der Waals surface area contributed by atoms with Crippen LogP contribution < -0.4 is 0 Å². The molecular formula is C6H14N2O2. The van der Waals surface area contributed by atoms with Gasteiger partial charge in [0.1, 0.15) is 0 Å². The van der Waals surface area contributed by atoms with E-state index in [9.17, 15) is 10.4 Å². The van der Waals surface area contributed by atoms with E-state index in [1.165, 1.54) is 0 Å². The molecule has 0 unspecified atom stereocenters. The molecule has 0 saturated carbocycles. The van der Waals surface area contributed by atoms with Gasteiger partial charge in [-0.15, -0.1) is 0 Å². The molecule has 0 amide bonds. The molecule has 0 rings (SSSR count). The summed E-state index contributed by atoms with van der Waals surface area (Å²) >= 11 is 0. The minimum Gasteiger partial charge on any atom is -0.567 e. The maximum absolute atomic E-state index is 10.8. The minimum atomic E-state index is -0.278. The van der Waals surface area contributed by atoms with Crippen molar-refractivity contribution < 1.29 is 9.72 Å². The Balaban J connectivity index is 4.34. The SMILES string of the molecule is CC(C)/[N+]([O-])=[N+](\[O-])C(C)C. The molecule has 0 N–H and O–H groups in total. The summed E-state index contributed by atoms with van der Waals surface area (Å²) in [4.78, 5) is 0.870. The third-order valence-electron chi connectivity index (χ3n) is 1.08. The second kappa shape index (κ2) is 3.39. The fourth-order valence-corrected chi connectivity index (χ4v) is 0.455. The molecule has 0 heterocycles. The van der Waals surface area contributed by atoms with Crippen LogP contribution in [0.4, 0.5) is 0 Å². The van der Waals surface area contributed by atoms with E-state index in [-0.39, 0.29) is 12.1 Å². The zero-order valence-electron chi connectivity index (χ0n) is 6.87. The van der Waals surface area contributed by atoms with Crippen molar-refractivity contribution in [2.45, 2.75) is 39.8 Å². The van der Waals surface area contributed by atoms with Gasteiger partial charge in [0.15, 0.2) is 0 Å². The van der Waals surface area contributed by atoms with Crippen LogP contribution in [0.1, 0.15) is 27.7 Å². The van der Waals surface area contributed by atoms with E-state index in [0.717, 1.165) is 0 Å². The Morgan fingerprint density at radius 3 is 1.10 bits per heavy atom. The van der Waals surface area contributed by atoms with Crippen LogP contribution >= 0.6 is 0 Å². The highest BCUT2D eigenvalue weighted by Gasteiger charge is 2.14. The molecule has 0 aliphatic rings. The molecule has 0 aromatic heterocycles. The van der Waals surface area contributed by atoms with E-state index < -0.39 is 0 Å². The fraction of sp³-hybridized carbons (Fsp3) is 1.00. The Hall–Kier alpha value is -0.800. The summed E-state index contributed by atoms with van der Waals surface area (Å²) in [7, 11) is 0. The topological polar surface area (TPSA) is 52.1 Å². The normalized spacial score (nSPS) is 14.2. The van der Waals surface area contributed by atoms with Gasteiger partial charge in [-0.05, 0) is 0 Å². The van der Waals surface area contributed by atoms with Crippen LogP contribution in [-0.4, -0.2) is 21.8 Å². The van der Waals surface area contributed by atoms with Gasteiger partial charge in [-0.2, -0.15) is 0 Å². The van der Waals surface area contributed by atoms with Crippen molar-refractivity contribution in [3.8, 4) is 0 Å². The zero-order valence-corrected chi connectivity index (χ0v) is 6.87. The van der Waals surface area contributed by atoms with Crippen molar-refractivity contribution in [3.63, 3.8) is 0 Å². The molecule has 0 fully saturated rings. The monoisotopic (exact) mass is 146 g/mol. The van der Waals surface area contributed by atoms with E-state index in [1.807, 2.05) is 0 Å². The van der Waals surface area contributed by atoms with Gasteiger partial charge in [0, 0.05) is 37.4 Å². The van der Waals surface area contributed by atoms with Gasteiger partial charge in [0.25, 0.3) is 0 Å². The number of rotatable bonds is 2. The van der Waals surface area contributed by atoms with Crippen LogP contribution in [0.2, 0.25) is 0 Å². The molecule has 0 saturated heterocycles. The van der Waals surface area contributed by atoms with E-state index in [1.54, 1.807) is 27.7 Å². The molecule has 0 atom stereocenters. The Kier molecular flexibility index (Phi) is 3.12. The Morgan fingerprint density at radius 2 is 1.00 bits per heavy atom. The van der Waals surface area contributed by atoms with Crippen molar-refractivity contribution in [3.05, 3.63) is 10.4 Å². The third-order valence-corrected chi connectivity index (χ3v) is 1.08. The number of hydroxylamine groups is 2. The maximum atomic E-state index is 10.8. The van der Waals surface area contributed by atoms with E-state index in [0.29, 0.717) is 9.72 Å². The fourth-order valence-electron chi connectivity index (χ4n) is 0.455. The summed E-state index contributed by atoms with van der Waals surface area (Å²) in [6.07, 6.45) is 0. The second-order valence-electron chi connectivity index (χ2n) is 2.79. The van der Waals surface area contributed by atoms with Gasteiger partial charge >= 0.3 is 0 Å². The van der Waals surface area contributed by atoms with Crippen molar-refractivity contribution in [2.75, 3.05) is 0 Å². The lowest BCUT2D eigenvalue weighted by Crippen LogP contribution is -2.28. The molecule has 0 aromatic rings. The Bertz CT molecular complexity index is 125. The van der Waals surface area contributed by atoms with Crippen LogP contribution in [0.15, 0.2) is 0 Å². The third kappa shape index (κ3) is 2.21. The van der Waals surface area contributed by atoms with Gasteiger partial charge in [-0.25, -0.2) is 0 Å². The minimum absolute atomic E-state index is 0.278. The van der Waals surface area contributed by atoms with E-state index >= 15 is 0 Å². The smallest absolute Gasteiger partial charge is 0.223 e. The average Bonchev–Trinajstić information content (AvgIpc) is 1.84. The highest BCUT2D eigenvalue weighted by atomic mass is 16.6. The molecule has 0 aliphatic carbocycles. The second-order valence-corrected chi connectivity index (χ2v) is 2.79. The van der Waals surface area contributed by atoms with Crippen molar-refractivity contribution in [1.29, 1.82) is 0 Å². The van der Waals surface area contributed by atoms with Crippen LogP contribution in [0.25, 0.3) is 0 Å². The molecular weight excluding hydrogens is 132 g/mol. The average molecular weight is 146 g/mol. The van der Waals surface area contributed by atoms with Gasteiger partial charge < -0.3 is 10.4 Å². The molecule has 0 aliphatic heterocycles. The quantitative estimate of drug-likeness (QED) is 0.334. The van der Waals surface area contributed by atoms with Crippen molar-refractivity contribution in [1.82, 2.24) is 0 Å². The summed E-state index contributed by atoms with van der Waals surface area (Å²) in [5, 5.41) is 21.6. The van der Waals surface area contributed by atoms with E-state index in [2.05, 4.69) is 0 Å². The molecule has 4 heteroatoms. The van der Waals surface area contributed by atoms with Crippen LogP contribution in [0.3, 0.4) is 0 Å². The lowest BCUT2D eigenvalue weighted by Gasteiger charge is -2.08. The lowest BCUT2D eigenvalue weighted by molar-refractivity contribution is -0.992. The zero-order chi connectivity index (χ0) is 8.31. The highest BCUT2D eigenvalue weighted by molar-refractivity contribution is 4.30. The first-order valence-corrected chi connectivity index (χ1v) is 3.39. The molecule has 60 valence electrons. The predicted octanol–water partition coefficient (Wildman–Crippen LogP) is 1.28. The summed E-state index contributed by atoms with van der Waals surface area (Å²) in [5.74, 6) is 0. The highest BCUT2D eigenvalue weighted by Crippen LogP contribution is 1.92.